The molecule has 4 amide bonds. The third kappa shape index (κ3) is 34.7. The number of anilines is 24. The lowest BCUT2D eigenvalue weighted by atomic mass is 10.2. The van der Waals surface area contributed by atoms with Gasteiger partial charge in [0.1, 0.15) is 35.4 Å². The maximum absolute atomic E-state index is 14.2. The lowest BCUT2D eigenvalue weighted by Gasteiger charge is -2.15. The summed E-state index contributed by atoms with van der Waals surface area (Å²) in [7, 11) is 1.52. The van der Waals surface area contributed by atoms with Crippen LogP contribution in [0.1, 0.15) is 23.6 Å². The zero-order valence-corrected chi connectivity index (χ0v) is 75.5. The van der Waals surface area contributed by atoms with E-state index in [-0.39, 0.29) is 77.1 Å². The van der Waals surface area contributed by atoms with E-state index in [2.05, 4.69) is 160 Å². The normalized spacial score (nSPS) is 10.5. The summed E-state index contributed by atoms with van der Waals surface area (Å²) in [4.78, 5) is 102. The average molecular weight is 1950 g/mol. The van der Waals surface area contributed by atoms with Gasteiger partial charge in [-0.3, -0.25) is 19.2 Å². The number of amides is 4. The number of ether oxygens (including phenoxy) is 3. The van der Waals surface area contributed by atoms with E-state index in [1.54, 1.807) is 153 Å². The Hall–Kier alpha value is -19.5. The van der Waals surface area contributed by atoms with Gasteiger partial charge >= 0.3 is 18.5 Å². The number of nitrogens with one attached hydrogen (secondary N) is 14. The lowest BCUT2D eigenvalue weighted by Crippen LogP contribution is -2.17. The van der Waals surface area contributed by atoms with Crippen molar-refractivity contribution in [2.45, 2.75) is 33.0 Å². The molecule has 0 fully saturated rings. The Labute approximate surface area is 809 Å². The van der Waals surface area contributed by atoms with Crippen LogP contribution in [0, 0.1) is 30.2 Å². The highest BCUT2D eigenvalue weighted by Crippen LogP contribution is 2.37. The second-order valence-corrected chi connectivity index (χ2v) is 28.9. The molecule has 0 aliphatic carbocycles. The molecular formula is C100H85F10N25O8. The predicted molar refractivity (Wildman–Crippen MR) is 528 cm³/mol. The van der Waals surface area contributed by atoms with Gasteiger partial charge in [-0.05, 0) is 195 Å². The van der Waals surface area contributed by atoms with Gasteiger partial charge in [0.15, 0.2) is 34.9 Å². The summed E-state index contributed by atoms with van der Waals surface area (Å²) in [5, 5.41) is 39.3. The van der Waals surface area contributed by atoms with E-state index in [9.17, 15) is 67.9 Å². The largest absolute Gasteiger partial charge is 0.573 e. The number of nitrogens with zero attached hydrogens (tertiary/aromatic N) is 11. The Balaban J connectivity index is 0.000000171. The van der Waals surface area contributed by atoms with Crippen molar-refractivity contribution in [2.75, 3.05) is 81.5 Å². The SMILES string of the molecule is C/C=C/C(=O)OCc1cccc(Nc2nc(Nc3ccccc3)ncc2C)c1.C=CC(=O)Nc1cccc(Nc2nc(Nc3ccc(F)cc3)ncc2F)c1.C=CC(=O)Nc1cccc(Nc2nc(Nc3ccc(OC)nc3)ncc2F)c1.C=CC(=O)Nc1cccc(Nc2nc(Nc3cccc(OC(F)(F)F)c3)ncc2F)c1.C=CC(=O)Nc1cccc(Nc2nc(Nc3ccccc3)ncc2C(F)(F)F)c1. The van der Waals surface area contributed by atoms with Crippen LogP contribution in [-0.4, -0.2) is 97.9 Å². The Morgan fingerprint density at radius 2 is 0.678 bits per heavy atom. The standard InChI is InChI=1S/C22H22N4O2.C20H15F4N5O2.C20H16F3N5O.C19H15F2N5O.C19H17FN6O2/c1-3-8-20(27)28-15-17-9-7-12-19(13-17)24-21-16(2)14-23-22(26-21)25-18-10-5-4-6-11-18;1-2-17(30)26-12-5-3-6-13(9-12)27-18-16(21)11-25-19(29-18)28-14-7-4-8-15(10-14)31-20(22,23)24;1-2-17(29)25-14-9-6-10-15(11-14)26-18-16(20(21,22)23)12-24-19(28-18)27-13-7-4-3-5-8-13;1-2-17(27)23-14-4-3-5-15(10-14)24-18-16(21)11-22-19(26-18)25-13-8-6-12(20)7-9-13;1-3-16(27)23-12-5-4-6-13(9-12)24-18-15(20)11-22-19(26-18)25-14-7-8-17(28-2)21-10-14/h3-14H,15H2,1-2H3,(H2,23,24,25,26);2-11H,1H2,(H,26,30)(H2,25,27,28,29);2-12H,1H2,(H,25,29)(H2,24,26,27,28);2-11H,1H2,(H,23,27)(H2,22,24,25,26);3-11H,1H2,2H3,(H,23,27)(H2,22,24,25,26)/b8-3+;;;;. The zero-order chi connectivity index (χ0) is 102. The third-order valence-electron chi connectivity index (χ3n) is 18.2. The number of rotatable bonds is 33. The molecule has 6 heterocycles. The highest BCUT2D eigenvalue weighted by atomic mass is 19.4. The Kier molecular flexibility index (Phi) is 37.4. The predicted octanol–water partition coefficient (Wildman–Crippen LogP) is 23.1. The molecular weight excluding hydrogens is 1870 g/mol. The first-order valence-corrected chi connectivity index (χ1v) is 42.1. The summed E-state index contributed by atoms with van der Waals surface area (Å²) in [6.07, 6.45) is 5.08. The first-order chi connectivity index (χ1) is 68.8. The zero-order valence-electron chi connectivity index (χ0n) is 75.5. The molecule has 9 aromatic carbocycles. The van der Waals surface area contributed by atoms with E-state index in [1.165, 1.54) is 55.7 Å². The quantitative estimate of drug-likeness (QED) is 0.0103. The number of hydrogen-bond acceptors (Lipinski definition) is 29. The first kappa shape index (κ1) is 104. The maximum atomic E-state index is 14.2. The number of aromatic nitrogens is 11. The molecule has 33 nitrogen and oxygen atoms in total. The molecule has 6 aromatic heterocycles. The molecule has 0 bridgehead atoms. The maximum Gasteiger partial charge on any atom is 0.573 e. The van der Waals surface area contributed by atoms with Gasteiger partial charge in [-0.1, -0.05) is 111 Å². The number of aryl methyl sites for hydroxylation is 1. The Morgan fingerprint density at radius 3 is 1.08 bits per heavy atom. The fourth-order valence-corrected chi connectivity index (χ4v) is 11.7. The third-order valence-corrected chi connectivity index (χ3v) is 18.2. The first-order valence-electron chi connectivity index (χ1n) is 42.1. The van der Waals surface area contributed by atoms with Gasteiger partial charge in [-0.25, -0.2) is 52.3 Å². The van der Waals surface area contributed by atoms with E-state index < -0.39 is 58.9 Å². The number of methoxy groups -OCH3 is 1. The number of carbonyl (C=O) groups is 5. The van der Waals surface area contributed by atoms with Crippen LogP contribution < -0.4 is 83.9 Å². The number of pyridine rings is 1. The van der Waals surface area contributed by atoms with Crippen LogP contribution in [-0.2, 0) is 41.5 Å². The molecule has 15 aromatic rings. The van der Waals surface area contributed by atoms with Gasteiger partial charge in [0.25, 0.3) is 0 Å². The van der Waals surface area contributed by atoms with Crippen LogP contribution in [0.4, 0.5) is 182 Å². The van der Waals surface area contributed by atoms with Crippen molar-refractivity contribution in [3.8, 4) is 11.6 Å². The molecule has 0 aliphatic rings. The minimum Gasteiger partial charge on any atom is -0.481 e. The molecule has 0 saturated carbocycles. The van der Waals surface area contributed by atoms with Crippen molar-refractivity contribution in [3.63, 3.8) is 0 Å². The van der Waals surface area contributed by atoms with Crippen LogP contribution >= 0.6 is 0 Å². The van der Waals surface area contributed by atoms with Gasteiger partial charge in [-0.15, -0.1) is 13.2 Å². The molecule has 0 saturated heterocycles. The Morgan fingerprint density at radius 1 is 0.343 bits per heavy atom. The van der Waals surface area contributed by atoms with Crippen molar-refractivity contribution < 1.29 is 82.1 Å². The van der Waals surface area contributed by atoms with E-state index in [0.717, 1.165) is 77.5 Å². The summed E-state index contributed by atoms with van der Waals surface area (Å²) >= 11 is 0. The van der Waals surface area contributed by atoms with Crippen LogP contribution in [0.15, 0.2) is 343 Å². The van der Waals surface area contributed by atoms with Gasteiger partial charge in [-0.2, -0.15) is 38.1 Å². The summed E-state index contributed by atoms with van der Waals surface area (Å²) in [6.45, 7) is 17.4. The molecule has 14 N–H and O–H groups in total. The minimum absolute atomic E-state index is 0.00261. The summed E-state index contributed by atoms with van der Waals surface area (Å²) in [6, 6.07) is 66.4. The number of allylic oxidation sites excluding steroid dienone is 1. The topological polar surface area (TPSA) is 423 Å². The van der Waals surface area contributed by atoms with Crippen LogP contribution in [0.3, 0.4) is 0 Å². The number of esters is 1. The molecule has 0 spiro atoms. The van der Waals surface area contributed by atoms with Crippen molar-refractivity contribution in [2.24, 2.45) is 0 Å². The fourth-order valence-electron chi connectivity index (χ4n) is 11.7. The number of hydrogen-bond donors (Lipinski definition) is 14. The second-order valence-electron chi connectivity index (χ2n) is 28.9. The fraction of sp³-hybridized carbons (Fsp3) is 0.0600. The lowest BCUT2D eigenvalue weighted by molar-refractivity contribution is -0.274. The number of carbonyl (C=O) groups excluding carboxylic acids is 5. The van der Waals surface area contributed by atoms with Gasteiger partial charge < -0.3 is 88.6 Å². The monoisotopic (exact) mass is 1950 g/mol. The Bertz CT molecular complexity index is 6990. The van der Waals surface area contributed by atoms with E-state index in [1.807, 2.05) is 67.6 Å². The van der Waals surface area contributed by atoms with Crippen molar-refractivity contribution in [1.82, 2.24) is 54.8 Å². The van der Waals surface area contributed by atoms with E-state index >= 15 is 0 Å². The molecule has 15 rings (SSSR count). The summed E-state index contributed by atoms with van der Waals surface area (Å²) in [5.74, 6) is -3.48. The highest BCUT2D eigenvalue weighted by molar-refractivity contribution is 6.01. The molecule has 728 valence electrons. The number of alkyl halides is 6. The molecule has 43 heteroatoms. The van der Waals surface area contributed by atoms with Crippen molar-refractivity contribution >= 4 is 168 Å². The summed E-state index contributed by atoms with van der Waals surface area (Å²) < 4.78 is 147. The molecule has 0 aliphatic heterocycles. The number of para-hydroxylation sites is 2. The van der Waals surface area contributed by atoms with E-state index in [4.69, 9.17) is 9.47 Å². The van der Waals surface area contributed by atoms with Gasteiger partial charge in [0, 0.05) is 110 Å². The minimum atomic E-state index is -4.83. The molecule has 0 radical (unpaired) electrons. The van der Waals surface area contributed by atoms with Crippen LogP contribution in [0.2, 0.25) is 0 Å². The number of benzene rings is 9. The molecule has 0 atom stereocenters. The van der Waals surface area contributed by atoms with Crippen molar-refractivity contribution in [3.05, 3.63) is 383 Å². The average Bonchev–Trinajstić information content (AvgIpc) is 0.805. The van der Waals surface area contributed by atoms with Crippen LogP contribution in [0.5, 0.6) is 11.6 Å². The number of halogens is 10. The molecule has 0 unspecified atom stereocenters. The van der Waals surface area contributed by atoms with Gasteiger partial charge in [0.2, 0.25) is 59.3 Å². The van der Waals surface area contributed by atoms with E-state index in [0.29, 0.717) is 86.4 Å². The highest BCUT2D eigenvalue weighted by Gasteiger charge is 2.36. The van der Waals surface area contributed by atoms with Crippen molar-refractivity contribution in [1.29, 1.82) is 0 Å². The molecule has 143 heavy (non-hydrogen) atoms. The van der Waals surface area contributed by atoms with Crippen LogP contribution in [0.25, 0.3) is 0 Å². The van der Waals surface area contributed by atoms with Gasteiger partial charge in [0.05, 0.1) is 37.6 Å². The smallest absolute Gasteiger partial charge is 0.481 e. The summed E-state index contributed by atoms with van der Waals surface area (Å²) in [5.41, 5.74) is 8.25. The second kappa shape index (κ2) is 51.4.